The number of nitrogens with zero attached hydrogens (tertiary/aromatic N) is 1. The molecule has 0 unspecified atom stereocenters. The average Bonchev–Trinajstić information content (AvgIpc) is 2.08. The summed E-state index contributed by atoms with van der Waals surface area (Å²) < 4.78 is 1.60. The Morgan fingerprint density at radius 1 is 1.25 bits per heavy atom. The van der Waals surface area contributed by atoms with Gasteiger partial charge in [-0.1, -0.05) is 0 Å². The number of aliphatic hydroxyl groups is 2. The first-order valence-electron chi connectivity index (χ1n) is 3.59. The predicted octanol–water partition coefficient (Wildman–Crippen LogP) is -0.630. The van der Waals surface area contributed by atoms with Gasteiger partial charge >= 0.3 is 0 Å². The Balaban J connectivity index is 3.32. The van der Waals surface area contributed by atoms with E-state index >= 15 is 0 Å². The first kappa shape index (κ1) is 8.96. The molecule has 12 heavy (non-hydrogen) atoms. The fourth-order valence-electron chi connectivity index (χ4n) is 1.05. The first-order chi connectivity index (χ1) is 5.69. The molecule has 0 spiro atoms. The lowest BCUT2D eigenvalue weighted by molar-refractivity contribution is 0.255. The number of rotatable bonds is 2. The minimum Gasteiger partial charge on any atom is -0.390 e. The molecule has 0 fully saturated rings. The highest BCUT2D eigenvalue weighted by Gasteiger charge is 2.01. The highest BCUT2D eigenvalue weighted by atomic mass is 16.3. The zero-order valence-corrected chi connectivity index (χ0v) is 6.82. The predicted molar refractivity (Wildman–Crippen MR) is 43.5 cm³/mol. The van der Waals surface area contributed by atoms with Crippen LogP contribution in [0.5, 0.6) is 0 Å². The van der Waals surface area contributed by atoms with E-state index in [2.05, 4.69) is 0 Å². The largest absolute Gasteiger partial charge is 0.390 e. The van der Waals surface area contributed by atoms with Crippen LogP contribution < -0.4 is 5.43 Å². The van der Waals surface area contributed by atoms with Crippen LogP contribution in [-0.2, 0) is 20.3 Å². The van der Waals surface area contributed by atoms with Crippen LogP contribution in [-0.4, -0.2) is 14.8 Å². The van der Waals surface area contributed by atoms with E-state index < -0.39 is 0 Å². The monoisotopic (exact) mass is 169 g/mol. The average molecular weight is 169 g/mol. The molecule has 0 radical (unpaired) electrons. The molecule has 4 nitrogen and oxygen atoms in total. The van der Waals surface area contributed by atoms with Gasteiger partial charge < -0.3 is 14.8 Å². The van der Waals surface area contributed by atoms with E-state index in [1.165, 1.54) is 12.1 Å². The molecule has 1 heterocycles. The van der Waals surface area contributed by atoms with E-state index in [-0.39, 0.29) is 18.6 Å². The van der Waals surface area contributed by atoms with Gasteiger partial charge in [0.25, 0.3) is 0 Å². The van der Waals surface area contributed by atoms with Crippen LogP contribution in [0.25, 0.3) is 0 Å². The lowest BCUT2D eigenvalue weighted by Gasteiger charge is -2.09. The minimum atomic E-state index is -0.195. The molecule has 0 bridgehead atoms. The summed E-state index contributed by atoms with van der Waals surface area (Å²) in [7, 11) is 1.69. The molecular formula is C8H11NO3. The summed E-state index contributed by atoms with van der Waals surface area (Å²) in [4.78, 5) is 10.9. The van der Waals surface area contributed by atoms with Gasteiger partial charge in [0.2, 0.25) is 0 Å². The molecule has 0 amide bonds. The number of pyridine rings is 1. The maximum absolute atomic E-state index is 10.9. The Labute approximate surface area is 69.7 Å². The van der Waals surface area contributed by atoms with Crippen molar-refractivity contribution in [2.45, 2.75) is 13.2 Å². The van der Waals surface area contributed by atoms with Crippen molar-refractivity contribution in [3.05, 3.63) is 33.7 Å². The molecule has 4 heteroatoms. The number of aliphatic hydroxyl groups excluding tert-OH is 2. The molecule has 66 valence electrons. The standard InChI is InChI=1S/C8H11NO3/c1-9-6(4-10)2-8(12)3-7(9)5-11/h2-3,10-11H,4-5H2,1H3. The van der Waals surface area contributed by atoms with Crippen molar-refractivity contribution in [1.29, 1.82) is 0 Å². The molecule has 1 aromatic heterocycles. The van der Waals surface area contributed by atoms with Gasteiger partial charge in [0.05, 0.1) is 13.2 Å². The van der Waals surface area contributed by atoms with Crippen LogP contribution in [0.1, 0.15) is 11.4 Å². The topological polar surface area (TPSA) is 62.5 Å². The molecule has 2 N–H and O–H groups in total. The van der Waals surface area contributed by atoms with Gasteiger partial charge in [-0.2, -0.15) is 0 Å². The van der Waals surface area contributed by atoms with Crippen LogP contribution >= 0.6 is 0 Å². The van der Waals surface area contributed by atoms with Crippen LogP contribution in [0.4, 0.5) is 0 Å². The summed E-state index contributed by atoms with van der Waals surface area (Å²) in [6, 6.07) is 2.69. The normalized spacial score (nSPS) is 10.2. The SMILES string of the molecule is Cn1c(CO)cc(=O)cc1CO. The van der Waals surface area contributed by atoms with Gasteiger partial charge in [0.15, 0.2) is 5.43 Å². The van der Waals surface area contributed by atoms with E-state index in [1.807, 2.05) is 0 Å². The summed E-state index contributed by atoms with van der Waals surface area (Å²) >= 11 is 0. The van der Waals surface area contributed by atoms with E-state index in [9.17, 15) is 4.79 Å². The van der Waals surface area contributed by atoms with Crippen molar-refractivity contribution < 1.29 is 10.2 Å². The van der Waals surface area contributed by atoms with Gasteiger partial charge in [-0.15, -0.1) is 0 Å². The Bertz CT molecular complexity index is 301. The Hall–Kier alpha value is -1.13. The molecule has 0 saturated heterocycles. The van der Waals surface area contributed by atoms with E-state index in [1.54, 1.807) is 11.6 Å². The van der Waals surface area contributed by atoms with E-state index in [4.69, 9.17) is 10.2 Å². The highest BCUT2D eigenvalue weighted by Crippen LogP contribution is 2.00. The molecule has 0 aromatic carbocycles. The highest BCUT2D eigenvalue weighted by molar-refractivity contribution is 5.12. The zero-order chi connectivity index (χ0) is 9.14. The van der Waals surface area contributed by atoms with Crippen molar-refractivity contribution in [3.8, 4) is 0 Å². The summed E-state index contributed by atoms with van der Waals surface area (Å²) in [5.41, 5.74) is 0.819. The van der Waals surface area contributed by atoms with Gasteiger partial charge in [0.1, 0.15) is 0 Å². The van der Waals surface area contributed by atoms with Crippen LogP contribution in [0.3, 0.4) is 0 Å². The summed E-state index contributed by atoms with van der Waals surface area (Å²) in [6.45, 7) is -0.390. The van der Waals surface area contributed by atoms with Gasteiger partial charge in [-0.05, 0) is 0 Å². The summed E-state index contributed by atoms with van der Waals surface area (Å²) in [5.74, 6) is 0. The molecule has 0 aliphatic heterocycles. The Morgan fingerprint density at radius 2 is 1.67 bits per heavy atom. The van der Waals surface area contributed by atoms with Gasteiger partial charge in [0, 0.05) is 30.6 Å². The second kappa shape index (κ2) is 3.51. The van der Waals surface area contributed by atoms with Crippen molar-refractivity contribution >= 4 is 0 Å². The van der Waals surface area contributed by atoms with E-state index in [0.29, 0.717) is 11.4 Å². The lowest BCUT2D eigenvalue weighted by Crippen LogP contribution is -2.14. The fourth-order valence-corrected chi connectivity index (χ4v) is 1.05. The van der Waals surface area contributed by atoms with Crippen LogP contribution in [0.2, 0.25) is 0 Å². The quantitative estimate of drug-likeness (QED) is 0.619. The summed E-state index contributed by atoms with van der Waals surface area (Å²) in [5, 5.41) is 17.6. The number of hydrogen-bond donors (Lipinski definition) is 2. The van der Waals surface area contributed by atoms with E-state index in [0.717, 1.165) is 0 Å². The lowest BCUT2D eigenvalue weighted by atomic mass is 10.3. The number of aromatic nitrogens is 1. The van der Waals surface area contributed by atoms with Crippen molar-refractivity contribution in [3.63, 3.8) is 0 Å². The van der Waals surface area contributed by atoms with Gasteiger partial charge in [-0.25, -0.2) is 0 Å². The zero-order valence-electron chi connectivity index (χ0n) is 6.82. The molecule has 1 rings (SSSR count). The summed E-state index contributed by atoms with van der Waals surface area (Å²) in [6.07, 6.45) is 0. The van der Waals surface area contributed by atoms with Gasteiger partial charge in [-0.3, -0.25) is 4.79 Å². The maximum atomic E-state index is 10.9. The van der Waals surface area contributed by atoms with Crippen molar-refractivity contribution in [2.24, 2.45) is 7.05 Å². The maximum Gasteiger partial charge on any atom is 0.182 e. The second-order valence-electron chi connectivity index (χ2n) is 2.55. The molecular weight excluding hydrogens is 158 g/mol. The molecule has 0 aliphatic carbocycles. The van der Waals surface area contributed by atoms with Crippen LogP contribution in [0.15, 0.2) is 16.9 Å². The minimum absolute atomic E-state index is 0.193. The molecule has 0 aliphatic rings. The molecule has 0 atom stereocenters. The fraction of sp³-hybridized carbons (Fsp3) is 0.375. The third-order valence-corrected chi connectivity index (χ3v) is 1.80. The Kier molecular flexibility index (Phi) is 2.62. The third-order valence-electron chi connectivity index (χ3n) is 1.80. The Morgan fingerprint density at radius 3 is 2.00 bits per heavy atom. The number of hydrogen-bond acceptors (Lipinski definition) is 3. The van der Waals surface area contributed by atoms with Crippen LogP contribution in [0, 0.1) is 0 Å². The van der Waals surface area contributed by atoms with Crippen molar-refractivity contribution in [1.82, 2.24) is 4.57 Å². The second-order valence-corrected chi connectivity index (χ2v) is 2.55. The molecule has 1 aromatic rings. The molecule has 0 saturated carbocycles. The first-order valence-corrected chi connectivity index (χ1v) is 3.59. The van der Waals surface area contributed by atoms with Crippen molar-refractivity contribution in [2.75, 3.05) is 0 Å². The third kappa shape index (κ3) is 1.54. The smallest absolute Gasteiger partial charge is 0.182 e.